The van der Waals surface area contributed by atoms with Crippen LogP contribution in [0.5, 0.6) is 0 Å². The van der Waals surface area contributed by atoms with E-state index in [0.29, 0.717) is 17.2 Å². The van der Waals surface area contributed by atoms with E-state index in [1.54, 1.807) is 41.8 Å². The first-order valence-corrected chi connectivity index (χ1v) is 8.31. The van der Waals surface area contributed by atoms with Gasteiger partial charge in [0.1, 0.15) is 11.5 Å². The van der Waals surface area contributed by atoms with Crippen LogP contribution in [0.4, 0.5) is 0 Å². The number of carbonyl (C=O) groups excluding carboxylic acids is 1. The summed E-state index contributed by atoms with van der Waals surface area (Å²) in [5, 5.41) is 4.70. The molecule has 0 saturated heterocycles. The predicted octanol–water partition coefficient (Wildman–Crippen LogP) is 3.72. The number of furan rings is 1. The summed E-state index contributed by atoms with van der Waals surface area (Å²) in [5.41, 5.74) is 3.65. The molecule has 3 aromatic heterocycles. The van der Waals surface area contributed by atoms with Gasteiger partial charge in [-0.1, -0.05) is 18.2 Å². The van der Waals surface area contributed by atoms with E-state index in [1.165, 1.54) is 6.21 Å². The Morgan fingerprint density at radius 1 is 1.12 bits per heavy atom. The molecule has 7 heteroatoms. The lowest BCUT2D eigenvalue weighted by atomic mass is 10.3. The molecule has 4 aromatic rings. The van der Waals surface area contributed by atoms with Crippen LogP contribution >= 0.6 is 11.3 Å². The number of nitrogens with zero attached hydrogens (tertiary/aromatic N) is 3. The Kier molecular flexibility index (Phi) is 4.05. The molecular formula is C18H12N4O2S. The van der Waals surface area contributed by atoms with Crippen LogP contribution in [-0.2, 0) is 0 Å². The van der Waals surface area contributed by atoms with E-state index in [1.807, 2.05) is 30.3 Å². The number of aromatic nitrogens is 2. The van der Waals surface area contributed by atoms with Crippen molar-refractivity contribution in [1.82, 2.24) is 15.4 Å². The highest BCUT2D eigenvalue weighted by atomic mass is 32.1. The van der Waals surface area contributed by atoms with Crippen molar-refractivity contribution in [3.63, 3.8) is 0 Å². The van der Waals surface area contributed by atoms with Gasteiger partial charge in [-0.15, -0.1) is 11.3 Å². The average molecular weight is 348 g/mol. The third-order valence-corrected chi connectivity index (χ3v) is 4.44. The molecular weight excluding hydrogens is 336 g/mol. The van der Waals surface area contributed by atoms with E-state index in [4.69, 9.17) is 4.42 Å². The smallest absolute Gasteiger partial charge is 0.289 e. The quantitative estimate of drug-likeness (QED) is 0.450. The van der Waals surface area contributed by atoms with Gasteiger partial charge < -0.3 is 4.42 Å². The molecule has 4 rings (SSSR count). The van der Waals surface area contributed by atoms with Gasteiger partial charge >= 0.3 is 0 Å². The molecule has 1 amide bonds. The van der Waals surface area contributed by atoms with Crippen molar-refractivity contribution in [3.8, 4) is 10.8 Å². The third-order valence-electron chi connectivity index (χ3n) is 3.39. The zero-order chi connectivity index (χ0) is 17.1. The molecule has 0 aliphatic rings. The topological polar surface area (TPSA) is 80.4 Å². The van der Waals surface area contributed by atoms with Crippen molar-refractivity contribution in [2.24, 2.45) is 5.10 Å². The second-order valence-electron chi connectivity index (χ2n) is 5.10. The maximum Gasteiger partial charge on any atom is 0.289 e. The number of fused-ring (bicyclic) bond motifs is 1. The Morgan fingerprint density at radius 2 is 2.00 bits per heavy atom. The minimum absolute atomic E-state index is 0.300. The molecule has 1 aromatic carbocycles. The standard InChI is InChI=1S/C18H12N4O2S/c23-17(14-6-3-4-10-19-14)22-20-11-12-8-9-15(24-12)18-21-13-5-1-2-7-16(13)25-18/h1-11H,(H,22,23)/b20-11-. The van der Waals surface area contributed by atoms with Crippen LogP contribution in [0.3, 0.4) is 0 Å². The van der Waals surface area contributed by atoms with Crippen molar-refractivity contribution in [3.05, 3.63) is 72.2 Å². The summed E-state index contributed by atoms with van der Waals surface area (Å²) < 4.78 is 6.82. The van der Waals surface area contributed by atoms with Gasteiger partial charge in [0.2, 0.25) is 0 Å². The highest BCUT2D eigenvalue weighted by Crippen LogP contribution is 2.30. The number of thiazole rings is 1. The van der Waals surface area contributed by atoms with Gasteiger partial charge in [0.05, 0.1) is 16.4 Å². The highest BCUT2D eigenvalue weighted by Gasteiger charge is 2.10. The zero-order valence-electron chi connectivity index (χ0n) is 12.9. The summed E-state index contributed by atoms with van der Waals surface area (Å²) >= 11 is 1.56. The molecule has 0 spiro atoms. The second kappa shape index (κ2) is 6.66. The molecule has 3 heterocycles. The van der Waals surface area contributed by atoms with Gasteiger partial charge in [-0.25, -0.2) is 10.4 Å². The Labute approximate surface area is 146 Å². The molecule has 25 heavy (non-hydrogen) atoms. The predicted molar refractivity (Wildman–Crippen MR) is 96.6 cm³/mol. The summed E-state index contributed by atoms with van der Waals surface area (Å²) in [7, 11) is 0. The lowest BCUT2D eigenvalue weighted by Crippen LogP contribution is -2.18. The number of carbonyl (C=O) groups is 1. The van der Waals surface area contributed by atoms with Crippen LogP contribution in [0.2, 0.25) is 0 Å². The summed E-state index contributed by atoms with van der Waals surface area (Å²) in [6.07, 6.45) is 2.99. The molecule has 0 aliphatic heterocycles. The first-order valence-electron chi connectivity index (χ1n) is 7.50. The summed E-state index contributed by atoms with van der Waals surface area (Å²) in [6.45, 7) is 0. The molecule has 0 unspecified atom stereocenters. The summed E-state index contributed by atoms with van der Waals surface area (Å²) in [5.74, 6) is 0.809. The largest absolute Gasteiger partial charge is 0.453 e. The van der Waals surface area contributed by atoms with Crippen LogP contribution in [0.1, 0.15) is 16.2 Å². The van der Waals surface area contributed by atoms with Crippen molar-refractivity contribution in [1.29, 1.82) is 0 Å². The fourth-order valence-corrected chi connectivity index (χ4v) is 3.15. The third kappa shape index (κ3) is 3.31. The van der Waals surface area contributed by atoms with Gasteiger partial charge in [0.15, 0.2) is 10.8 Å². The molecule has 0 atom stereocenters. The van der Waals surface area contributed by atoms with Crippen LogP contribution in [0.25, 0.3) is 21.0 Å². The Bertz CT molecular complexity index is 1020. The van der Waals surface area contributed by atoms with E-state index in [-0.39, 0.29) is 5.91 Å². The number of para-hydroxylation sites is 1. The van der Waals surface area contributed by atoms with Gasteiger partial charge in [0, 0.05) is 6.20 Å². The minimum Gasteiger partial charge on any atom is -0.453 e. The number of pyridine rings is 1. The monoisotopic (exact) mass is 348 g/mol. The van der Waals surface area contributed by atoms with E-state index in [0.717, 1.165) is 15.2 Å². The van der Waals surface area contributed by atoms with Crippen molar-refractivity contribution >= 4 is 33.7 Å². The second-order valence-corrected chi connectivity index (χ2v) is 6.13. The Balaban J connectivity index is 1.47. The average Bonchev–Trinajstić information content (AvgIpc) is 3.29. The maximum absolute atomic E-state index is 11.8. The van der Waals surface area contributed by atoms with Gasteiger partial charge in [-0.3, -0.25) is 9.78 Å². The lowest BCUT2D eigenvalue weighted by Gasteiger charge is -1.96. The highest BCUT2D eigenvalue weighted by molar-refractivity contribution is 7.21. The van der Waals surface area contributed by atoms with Crippen molar-refractivity contribution in [2.45, 2.75) is 0 Å². The Morgan fingerprint density at radius 3 is 2.84 bits per heavy atom. The molecule has 6 nitrogen and oxygen atoms in total. The fourth-order valence-electron chi connectivity index (χ4n) is 2.22. The number of rotatable bonds is 4. The molecule has 0 radical (unpaired) electrons. The molecule has 0 aliphatic carbocycles. The van der Waals surface area contributed by atoms with E-state index in [2.05, 4.69) is 20.5 Å². The van der Waals surface area contributed by atoms with Crippen molar-refractivity contribution in [2.75, 3.05) is 0 Å². The summed E-state index contributed by atoms with van der Waals surface area (Å²) in [6, 6.07) is 16.6. The van der Waals surface area contributed by atoms with E-state index >= 15 is 0 Å². The van der Waals surface area contributed by atoms with Crippen LogP contribution in [0, 0.1) is 0 Å². The van der Waals surface area contributed by atoms with Gasteiger partial charge in [0.25, 0.3) is 5.91 Å². The van der Waals surface area contributed by atoms with Crippen molar-refractivity contribution < 1.29 is 9.21 Å². The molecule has 0 bridgehead atoms. The van der Waals surface area contributed by atoms with E-state index in [9.17, 15) is 4.79 Å². The molecule has 122 valence electrons. The van der Waals surface area contributed by atoms with Gasteiger partial charge in [-0.05, 0) is 36.4 Å². The molecule has 1 N–H and O–H groups in total. The summed E-state index contributed by atoms with van der Waals surface area (Å²) in [4.78, 5) is 20.3. The van der Waals surface area contributed by atoms with Crippen LogP contribution < -0.4 is 5.43 Å². The minimum atomic E-state index is -0.380. The van der Waals surface area contributed by atoms with Crippen LogP contribution in [0.15, 0.2) is 70.3 Å². The van der Waals surface area contributed by atoms with Crippen LogP contribution in [-0.4, -0.2) is 22.1 Å². The molecule has 0 fully saturated rings. The first-order chi connectivity index (χ1) is 12.3. The Hall–Kier alpha value is -3.32. The fraction of sp³-hybridized carbons (Fsp3) is 0. The van der Waals surface area contributed by atoms with E-state index < -0.39 is 0 Å². The lowest BCUT2D eigenvalue weighted by molar-refractivity contribution is 0.0950. The molecule has 0 saturated carbocycles. The SMILES string of the molecule is O=C(N/N=C\c1ccc(-c2nc3ccccc3s2)o1)c1ccccn1. The normalized spacial score (nSPS) is 11.2. The number of benzene rings is 1. The maximum atomic E-state index is 11.8. The number of amides is 1. The number of hydrogen-bond acceptors (Lipinski definition) is 6. The number of hydrazone groups is 1. The number of nitrogens with one attached hydrogen (secondary N) is 1. The van der Waals surface area contributed by atoms with Gasteiger partial charge in [-0.2, -0.15) is 5.10 Å². The first kappa shape index (κ1) is 15.2. The number of hydrogen-bond donors (Lipinski definition) is 1. The zero-order valence-corrected chi connectivity index (χ0v) is 13.7.